The summed E-state index contributed by atoms with van der Waals surface area (Å²) in [5, 5.41) is 5.39. The van der Waals surface area contributed by atoms with Gasteiger partial charge in [-0.15, -0.1) is 0 Å². The molecule has 188 valence electrons. The highest BCUT2D eigenvalue weighted by molar-refractivity contribution is 5.91. The van der Waals surface area contributed by atoms with E-state index in [0.29, 0.717) is 19.4 Å². The standard InChI is InChI=1S/C25H50N4O3/c1-3-4-5-6-7-8-9-10-11-12-13-14-15-19-23(30)29-22(18-16-17-20-26)25(32)28-21(2)24(27)31/h21-22H,3-20,26H2,1-2H3,(H2,27,31)(H,28,32)(H,29,30)/t21-,22+/m1/s1. The van der Waals surface area contributed by atoms with Gasteiger partial charge in [-0.05, 0) is 39.2 Å². The van der Waals surface area contributed by atoms with E-state index in [-0.39, 0.29) is 11.8 Å². The van der Waals surface area contributed by atoms with Crippen molar-refractivity contribution in [1.29, 1.82) is 0 Å². The van der Waals surface area contributed by atoms with Gasteiger partial charge in [0.05, 0.1) is 0 Å². The van der Waals surface area contributed by atoms with Gasteiger partial charge in [0.1, 0.15) is 12.1 Å². The van der Waals surface area contributed by atoms with Crippen LogP contribution in [0.1, 0.15) is 123 Å². The summed E-state index contributed by atoms with van der Waals surface area (Å²) in [6.07, 6.45) is 18.8. The van der Waals surface area contributed by atoms with Crippen molar-refractivity contribution in [3.8, 4) is 0 Å². The zero-order valence-electron chi connectivity index (χ0n) is 20.8. The first kappa shape index (κ1) is 30.4. The van der Waals surface area contributed by atoms with Crippen molar-refractivity contribution < 1.29 is 14.4 Å². The molecule has 3 amide bonds. The fraction of sp³-hybridized carbons (Fsp3) is 0.880. The lowest BCUT2D eigenvalue weighted by Gasteiger charge is -2.20. The molecule has 0 aliphatic rings. The molecule has 7 nitrogen and oxygen atoms in total. The van der Waals surface area contributed by atoms with Crippen LogP contribution in [-0.2, 0) is 14.4 Å². The summed E-state index contributed by atoms with van der Waals surface area (Å²) >= 11 is 0. The molecule has 7 heteroatoms. The van der Waals surface area contributed by atoms with E-state index in [1.807, 2.05) is 0 Å². The monoisotopic (exact) mass is 454 g/mol. The van der Waals surface area contributed by atoms with Gasteiger partial charge in [0.25, 0.3) is 0 Å². The van der Waals surface area contributed by atoms with E-state index in [9.17, 15) is 14.4 Å². The Hall–Kier alpha value is -1.63. The molecule has 0 saturated heterocycles. The molecule has 0 radical (unpaired) electrons. The highest BCUT2D eigenvalue weighted by Crippen LogP contribution is 2.13. The number of rotatable bonds is 22. The van der Waals surface area contributed by atoms with Gasteiger partial charge in [-0.1, -0.05) is 84.0 Å². The normalized spacial score (nSPS) is 12.8. The topological polar surface area (TPSA) is 127 Å². The van der Waals surface area contributed by atoms with Crippen molar-refractivity contribution >= 4 is 17.7 Å². The molecule has 6 N–H and O–H groups in total. The second-order valence-electron chi connectivity index (χ2n) is 9.03. The molecule has 0 aromatic heterocycles. The van der Waals surface area contributed by atoms with Crippen LogP contribution in [-0.4, -0.2) is 36.3 Å². The summed E-state index contributed by atoms with van der Waals surface area (Å²) < 4.78 is 0. The van der Waals surface area contributed by atoms with Gasteiger partial charge in [-0.2, -0.15) is 0 Å². The highest BCUT2D eigenvalue weighted by atomic mass is 16.2. The predicted molar refractivity (Wildman–Crippen MR) is 132 cm³/mol. The fourth-order valence-corrected chi connectivity index (χ4v) is 3.72. The lowest BCUT2D eigenvalue weighted by Crippen LogP contribution is -2.51. The quantitative estimate of drug-likeness (QED) is 0.184. The SMILES string of the molecule is CCCCCCCCCCCCCCCC(=O)N[C@@H](CCCCN)C(=O)N[C@H](C)C(N)=O. The minimum Gasteiger partial charge on any atom is -0.368 e. The Morgan fingerprint density at radius 3 is 1.69 bits per heavy atom. The second kappa shape index (κ2) is 21.2. The van der Waals surface area contributed by atoms with Crippen molar-refractivity contribution in [3.63, 3.8) is 0 Å². The van der Waals surface area contributed by atoms with Crippen LogP contribution < -0.4 is 22.1 Å². The number of carbonyl (C=O) groups excluding carboxylic acids is 3. The van der Waals surface area contributed by atoms with E-state index in [1.165, 1.54) is 71.1 Å². The van der Waals surface area contributed by atoms with Crippen LogP contribution in [0.15, 0.2) is 0 Å². The molecule has 0 spiro atoms. The summed E-state index contributed by atoms with van der Waals surface area (Å²) in [7, 11) is 0. The van der Waals surface area contributed by atoms with Crippen LogP contribution in [0.4, 0.5) is 0 Å². The van der Waals surface area contributed by atoms with E-state index < -0.39 is 18.0 Å². The first-order chi connectivity index (χ1) is 15.4. The third-order valence-electron chi connectivity index (χ3n) is 5.89. The molecule has 0 saturated carbocycles. The maximum atomic E-state index is 12.4. The molecule has 32 heavy (non-hydrogen) atoms. The van der Waals surface area contributed by atoms with E-state index >= 15 is 0 Å². The molecule has 0 aliphatic heterocycles. The van der Waals surface area contributed by atoms with Crippen molar-refractivity contribution in [3.05, 3.63) is 0 Å². The van der Waals surface area contributed by atoms with E-state index in [4.69, 9.17) is 11.5 Å². The highest BCUT2D eigenvalue weighted by Gasteiger charge is 2.23. The molecular formula is C25H50N4O3. The Balaban J connectivity index is 3.93. The minimum absolute atomic E-state index is 0.118. The molecule has 0 unspecified atom stereocenters. The first-order valence-electron chi connectivity index (χ1n) is 13.0. The third-order valence-corrected chi connectivity index (χ3v) is 5.89. The van der Waals surface area contributed by atoms with Crippen LogP contribution in [0.5, 0.6) is 0 Å². The second-order valence-corrected chi connectivity index (χ2v) is 9.03. The Morgan fingerprint density at radius 2 is 1.22 bits per heavy atom. The van der Waals surface area contributed by atoms with Crippen LogP contribution in [0, 0.1) is 0 Å². The largest absolute Gasteiger partial charge is 0.368 e. The van der Waals surface area contributed by atoms with Gasteiger partial charge in [-0.25, -0.2) is 0 Å². The molecule has 0 aromatic carbocycles. The maximum absolute atomic E-state index is 12.4. The lowest BCUT2D eigenvalue weighted by molar-refractivity contribution is -0.131. The van der Waals surface area contributed by atoms with Crippen molar-refractivity contribution in [1.82, 2.24) is 10.6 Å². The predicted octanol–water partition coefficient (Wildman–Crippen LogP) is 4.07. The molecular weight excluding hydrogens is 404 g/mol. The van der Waals surface area contributed by atoms with Gasteiger partial charge in [0.2, 0.25) is 17.7 Å². The van der Waals surface area contributed by atoms with Crippen LogP contribution in [0.2, 0.25) is 0 Å². The van der Waals surface area contributed by atoms with Gasteiger partial charge < -0.3 is 22.1 Å². The Labute approximate surface area is 196 Å². The molecule has 0 rings (SSSR count). The number of hydrogen-bond donors (Lipinski definition) is 4. The summed E-state index contributed by atoms with van der Waals surface area (Å²) in [6.45, 7) is 4.33. The van der Waals surface area contributed by atoms with E-state index in [0.717, 1.165) is 32.1 Å². The number of nitrogens with one attached hydrogen (secondary N) is 2. The number of unbranched alkanes of at least 4 members (excludes halogenated alkanes) is 13. The molecule has 0 bridgehead atoms. The minimum atomic E-state index is -0.766. The Morgan fingerprint density at radius 1 is 0.719 bits per heavy atom. The number of nitrogens with two attached hydrogens (primary N) is 2. The van der Waals surface area contributed by atoms with Crippen molar-refractivity contribution in [2.45, 2.75) is 135 Å². The van der Waals surface area contributed by atoms with Crippen LogP contribution in [0.25, 0.3) is 0 Å². The molecule has 0 aromatic rings. The number of carbonyl (C=O) groups is 3. The Kier molecular flexibility index (Phi) is 20.1. The lowest BCUT2D eigenvalue weighted by atomic mass is 10.0. The van der Waals surface area contributed by atoms with Crippen molar-refractivity contribution in [2.24, 2.45) is 11.5 Å². The van der Waals surface area contributed by atoms with Gasteiger partial charge in [-0.3, -0.25) is 14.4 Å². The zero-order chi connectivity index (χ0) is 24.0. The Bertz CT molecular complexity index is 500. The summed E-state index contributed by atoms with van der Waals surface area (Å²) in [5.74, 6) is -1.09. The first-order valence-corrected chi connectivity index (χ1v) is 13.0. The summed E-state index contributed by atoms with van der Waals surface area (Å²) in [4.78, 5) is 35.9. The average Bonchev–Trinajstić information content (AvgIpc) is 2.76. The van der Waals surface area contributed by atoms with Gasteiger partial charge >= 0.3 is 0 Å². The molecule has 0 aliphatic carbocycles. The van der Waals surface area contributed by atoms with Crippen LogP contribution in [0.3, 0.4) is 0 Å². The average molecular weight is 455 g/mol. The zero-order valence-corrected chi connectivity index (χ0v) is 20.8. The van der Waals surface area contributed by atoms with Crippen molar-refractivity contribution in [2.75, 3.05) is 6.54 Å². The number of hydrogen-bond acceptors (Lipinski definition) is 4. The third kappa shape index (κ3) is 18.0. The van der Waals surface area contributed by atoms with Crippen LogP contribution >= 0.6 is 0 Å². The van der Waals surface area contributed by atoms with E-state index in [2.05, 4.69) is 17.6 Å². The summed E-state index contributed by atoms with van der Waals surface area (Å²) in [6, 6.07) is -1.42. The molecule has 0 fully saturated rings. The van der Waals surface area contributed by atoms with Gasteiger partial charge in [0, 0.05) is 6.42 Å². The van der Waals surface area contributed by atoms with Gasteiger partial charge in [0.15, 0.2) is 0 Å². The molecule has 2 atom stereocenters. The molecule has 0 heterocycles. The summed E-state index contributed by atoms with van der Waals surface area (Å²) in [5.41, 5.74) is 10.7. The number of primary amides is 1. The maximum Gasteiger partial charge on any atom is 0.243 e. The van der Waals surface area contributed by atoms with E-state index in [1.54, 1.807) is 0 Å². The fourth-order valence-electron chi connectivity index (χ4n) is 3.72. The smallest absolute Gasteiger partial charge is 0.243 e. The number of amides is 3.